The average molecular weight is 262 g/mol. The molecule has 1 aromatic rings. The number of nitrogens with zero attached hydrogens (tertiary/aromatic N) is 1. The van der Waals surface area contributed by atoms with Gasteiger partial charge in [-0.3, -0.25) is 10.3 Å². The smallest absolute Gasteiger partial charge is 0.327 e. The van der Waals surface area contributed by atoms with Crippen molar-refractivity contribution in [2.24, 2.45) is 0 Å². The minimum absolute atomic E-state index is 0.240. The minimum Gasteiger partial charge on any atom is -0.468 e. The summed E-state index contributed by atoms with van der Waals surface area (Å²) in [7, 11) is 1.43. The summed E-state index contributed by atoms with van der Waals surface area (Å²) in [5.74, 6) is -0.240. The van der Waals surface area contributed by atoms with Crippen molar-refractivity contribution in [1.82, 2.24) is 10.3 Å². The van der Waals surface area contributed by atoms with Crippen LogP contribution in [0.25, 0.3) is 0 Å². The predicted molar refractivity (Wildman–Crippen MR) is 73.7 cm³/mol. The molecular weight excluding hydrogens is 240 g/mol. The normalized spacial score (nSPS) is 18.0. The first kappa shape index (κ1) is 14.0. The Morgan fingerprint density at radius 1 is 1.37 bits per heavy atom. The first-order valence-corrected chi connectivity index (χ1v) is 6.97. The van der Waals surface area contributed by atoms with E-state index in [-0.39, 0.29) is 5.97 Å². The van der Waals surface area contributed by atoms with Crippen LogP contribution in [0.5, 0.6) is 0 Å². The highest BCUT2D eigenvalue weighted by molar-refractivity contribution is 5.77. The van der Waals surface area contributed by atoms with Crippen LogP contribution in [0.15, 0.2) is 18.3 Å². The second kappa shape index (κ2) is 6.66. The molecule has 0 saturated heterocycles. The van der Waals surface area contributed by atoms with Crippen LogP contribution in [0.1, 0.15) is 49.4 Å². The van der Waals surface area contributed by atoms with Crippen LogP contribution in [0.4, 0.5) is 0 Å². The van der Waals surface area contributed by atoms with Crippen molar-refractivity contribution in [3.63, 3.8) is 0 Å². The summed E-state index contributed by atoms with van der Waals surface area (Å²) < 4.78 is 4.91. The molecule has 2 rings (SSSR count). The molecule has 1 unspecified atom stereocenters. The molecule has 4 nitrogen and oxygen atoms in total. The fourth-order valence-corrected chi connectivity index (χ4v) is 2.57. The van der Waals surface area contributed by atoms with Crippen molar-refractivity contribution in [2.75, 3.05) is 7.11 Å². The van der Waals surface area contributed by atoms with E-state index in [1.807, 2.05) is 19.1 Å². The second-order valence-corrected chi connectivity index (χ2v) is 5.19. The summed E-state index contributed by atoms with van der Waals surface area (Å²) in [6.45, 7) is 1.94. The van der Waals surface area contributed by atoms with Crippen LogP contribution in [0.3, 0.4) is 0 Å². The average Bonchev–Trinajstić information content (AvgIpc) is 2.46. The minimum atomic E-state index is -0.402. The Hall–Kier alpha value is -1.42. The number of ether oxygens (including phenoxy) is 1. The van der Waals surface area contributed by atoms with Gasteiger partial charge in [0.05, 0.1) is 7.11 Å². The maximum absolute atomic E-state index is 12.0. The topological polar surface area (TPSA) is 51.2 Å². The first-order chi connectivity index (χ1) is 9.20. The van der Waals surface area contributed by atoms with Crippen LogP contribution in [0, 0.1) is 6.92 Å². The number of nitrogens with one attached hydrogen (secondary N) is 1. The number of methoxy groups -OCH3 is 1. The molecule has 1 fully saturated rings. The lowest BCUT2D eigenvalue weighted by atomic mass is 9.94. The van der Waals surface area contributed by atoms with E-state index in [2.05, 4.69) is 10.3 Å². The standard InChI is InChI=1S/C15H22N2O2/c1-11-8-9-12(10-16-11)14(15(18)19-2)17-13-6-4-3-5-7-13/h8-10,13-14,17H,3-7H2,1-2H3. The van der Waals surface area contributed by atoms with Gasteiger partial charge >= 0.3 is 5.97 Å². The zero-order chi connectivity index (χ0) is 13.7. The third-order valence-corrected chi connectivity index (χ3v) is 3.71. The molecule has 1 saturated carbocycles. The van der Waals surface area contributed by atoms with Gasteiger partial charge < -0.3 is 4.74 Å². The van der Waals surface area contributed by atoms with Crippen molar-refractivity contribution in [3.8, 4) is 0 Å². The largest absolute Gasteiger partial charge is 0.468 e. The molecule has 0 spiro atoms. The molecule has 0 aliphatic heterocycles. The predicted octanol–water partition coefficient (Wildman–Crippen LogP) is 2.53. The van der Waals surface area contributed by atoms with E-state index >= 15 is 0 Å². The summed E-state index contributed by atoms with van der Waals surface area (Å²) >= 11 is 0. The molecule has 104 valence electrons. The van der Waals surface area contributed by atoms with Crippen LogP contribution < -0.4 is 5.32 Å². The summed E-state index contributed by atoms with van der Waals surface area (Å²) in [5.41, 5.74) is 1.83. The lowest BCUT2D eigenvalue weighted by Crippen LogP contribution is -2.38. The van der Waals surface area contributed by atoms with E-state index in [4.69, 9.17) is 4.74 Å². The summed E-state index contributed by atoms with van der Waals surface area (Å²) in [5, 5.41) is 3.43. The number of pyridine rings is 1. The van der Waals surface area contributed by atoms with E-state index in [1.54, 1.807) is 6.20 Å². The van der Waals surface area contributed by atoms with E-state index < -0.39 is 6.04 Å². The number of hydrogen-bond acceptors (Lipinski definition) is 4. The molecule has 1 aliphatic carbocycles. The fourth-order valence-electron chi connectivity index (χ4n) is 2.57. The molecule has 4 heteroatoms. The van der Waals surface area contributed by atoms with Crippen LogP contribution in [-0.4, -0.2) is 24.1 Å². The van der Waals surface area contributed by atoms with Crippen LogP contribution in [-0.2, 0) is 9.53 Å². The van der Waals surface area contributed by atoms with Crippen molar-refractivity contribution >= 4 is 5.97 Å². The molecule has 1 heterocycles. The molecule has 19 heavy (non-hydrogen) atoms. The van der Waals surface area contributed by atoms with Gasteiger partial charge in [0.15, 0.2) is 0 Å². The van der Waals surface area contributed by atoms with Gasteiger partial charge in [-0.15, -0.1) is 0 Å². The highest BCUT2D eigenvalue weighted by Crippen LogP contribution is 2.22. The number of aromatic nitrogens is 1. The van der Waals surface area contributed by atoms with Crippen molar-refractivity contribution in [2.45, 2.75) is 51.1 Å². The van der Waals surface area contributed by atoms with Gasteiger partial charge in [-0.25, -0.2) is 4.79 Å². The highest BCUT2D eigenvalue weighted by Gasteiger charge is 2.25. The molecule has 0 bridgehead atoms. The summed E-state index contributed by atoms with van der Waals surface area (Å²) in [6.07, 6.45) is 7.79. The summed E-state index contributed by atoms with van der Waals surface area (Å²) in [6, 6.07) is 3.87. The number of hydrogen-bond donors (Lipinski definition) is 1. The first-order valence-electron chi connectivity index (χ1n) is 6.97. The maximum Gasteiger partial charge on any atom is 0.327 e. The van der Waals surface area contributed by atoms with Crippen molar-refractivity contribution in [1.29, 1.82) is 0 Å². The summed E-state index contributed by atoms with van der Waals surface area (Å²) in [4.78, 5) is 16.2. The second-order valence-electron chi connectivity index (χ2n) is 5.19. The Balaban J connectivity index is 2.10. The van der Waals surface area contributed by atoms with Crippen LogP contribution in [0.2, 0.25) is 0 Å². The number of carbonyl (C=O) groups excluding carboxylic acids is 1. The molecule has 1 atom stereocenters. The van der Waals surface area contributed by atoms with Crippen molar-refractivity contribution < 1.29 is 9.53 Å². The van der Waals surface area contributed by atoms with Gasteiger partial charge in [0.1, 0.15) is 6.04 Å². The molecular formula is C15H22N2O2. The SMILES string of the molecule is COC(=O)C(NC1CCCCC1)c1ccc(C)nc1. The third kappa shape index (κ3) is 3.77. The molecule has 0 radical (unpaired) electrons. The fraction of sp³-hybridized carbons (Fsp3) is 0.600. The monoisotopic (exact) mass is 262 g/mol. The molecule has 0 amide bonds. The Kier molecular flexibility index (Phi) is 4.91. The van der Waals surface area contributed by atoms with Gasteiger partial charge in [-0.05, 0) is 31.4 Å². The quantitative estimate of drug-likeness (QED) is 0.847. The van der Waals surface area contributed by atoms with E-state index in [0.29, 0.717) is 6.04 Å². The van der Waals surface area contributed by atoms with Crippen molar-refractivity contribution in [3.05, 3.63) is 29.6 Å². The maximum atomic E-state index is 12.0. The Labute approximate surface area is 114 Å². The Morgan fingerprint density at radius 2 is 2.11 bits per heavy atom. The van der Waals surface area contributed by atoms with E-state index in [1.165, 1.54) is 26.4 Å². The zero-order valence-electron chi connectivity index (χ0n) is 11.7. The number of rotatable bonds is 4. The lowest BCUT2D eigenvalue weighted by molar-refractivity contribution is -0.143. The number of aryl methyl sites for hydroxylation is 1. The van der Waals surface area contributed by atoms with Gasteiger partial charge in [0, 0.05) is 17.9 Å². The van der Waals surface area contributed by atoms with Crippen LogP contribution >= 0.6 is 0 Å². The number of carbonyl (C=O) groups is 1. The molecule has 0 aromatic carbocycles. The zero-order valence-corrected chi connectivity index (χ0v) is 11.7. The lowest BCUT2D eigenvalue weighted by Gasteiger charge is -2.27. The van der Waals surface area contributed by atoms with Gasteiger partial charge in [-0.2, -0.15) is 0 Å². The van der Waals surface area contributed by atoms with Gasteiger partial charge in [-0.1, -0.05) is 25.3 Å². The molecule has 1 aliphatic rings. The van der Waals surface area contributed by atoms with Gasteiger partial charge in [0.2, 0.25) is 0 Å². The van der Waals surface area contributed by atoms with E-state index in [9.17, 15) is 4.79 Å². The Bertz CT molecular complexity index is 411. The molecule has 1 aromatic heterocycles. The Morgan fingerprint density at radius 3 is 2.68 bits per heavy atom. The van der Waals surface area contributed by atoms with Gasteiger partial charge in [0.25, 0.3) is 0 Å². The van der Waals surface area contributed by atoms with E-state index in [0.717, 1.165) is 24.1 Å². The number of esters is 1. The highest BCUT2D eigenvalue weighted by atomic mass is 16.5. The third-order valence-electron chi connectivity index (χ3n) is 3.71. The molecule has 1 N–H and O–H groups in total.